The van der Waals surface area contributed by atoms with Gasteiger partial charge < -0.3 is 15.4 Å². The predicted octanol–water partition coefficient (Wildman–Crippen LogP) is 2.00. The van der Waals surface area contributed by atoms with Gasteiger partial charge in [0.25, 0.3) is 0 Å². The minimum absolute atomic E-state index is 0.295. The van der Waals surface area contributed by atoms with E-state index in [9.17, 15) is 0 Å². The van der Waals surface area contributed by atoms with Gasteiger partial charge in [-0.15, -0.1) is 0 Å². The zero-order chi connectivity index (χ0) is 10.8. The van der Waals surface area contributed by atoms with Gasteiger partial charge in [-0.1, -0.05) is 0 Å². The average Bonchev–Trinajstić information content (AvgIpc) is 2.65. The first-order valence-electron chi connectivity index (χ1n) is 5.05. The van der Waals surface area contributed by atoms with Crippen molar-refractivity contribution < 1.29 is 4.74 Å². The van der Waals surface area contributed by atoms with Crippen LogP contribution in [0.2, 0.25) is 0 Å². The third-order valence-electron chi connectivity index (χ3n) is 2.72. The Morgan fingerprint density at radius 1 is 1.53 bits per heavy atom. The van der Waals surface area contributed by atoms with Crippen molar-refractivity contribution in [2.45, 2.75) is 12.5 Å². The number of methoxy groups -OCH3 is 1. The van der Waals surface area contributed by atoms with Crippen molar-refractivity contribution in [3.05, 3.63) is 22.7 Å². The number of hydrogen-bond donors (Lipinski definition) is 1. The van der Waals surface area contributed by atoms with Crippen LogP contribution >= 0.6 is 15.9 Å². The summed E-state index contributed by atoms with van der Waals surface area (Å²) in [4.78, 5) is 2.29. The van der Waals surface area contributed by atoms with E-state index in [1.165, 1.54) is 5.69 Å². The molecule has 3 nitrogen and oxygen atoms in total. The number of nitrogens with zero attached hydrogens (tertiary/aromatic N) is 1. The number of ether oxygens (including phenoxy) is 1. The molecule has 1 aliphatic rings. The van der Waals surface area contributed by atoms with Gasteiger partial charge >= 0.3 is 0 Å². The third kappa shape index (κ3) is 2.26. The van der Waals surface area contributed by atoms with Crippen molar-refractivity contribution in [3.63, 3.8) is 0 Å². The summed E-state index contributed by atoms with van der Waals surface area (Å²) < 4.78 is 6.31. The largest absolute Gasteiger partial charge is 0.497 e. The lowest BCUT2D eigenvalue weighted by Crippen LogP contribution is -2.26. The Labute approximate surface area is 98.3 Å². The smallest absolute Gasteiger partial charge is 0.121 e. The predicted molar refractivity (Wildman–Crippen MR) is 65.5 cm³/mol. The Balaban J connectivity index is 2.26. The maximum atomic E-state index is 5.89. The lowest BCUT2D eigenvalue weighted by molar-refractivity contribution is 0.414. The summed E-state index contributed by atoms with van der Waals surface area (Å²) in [7, 11) is 1.68. The lowest BCUT2D eigenvalue weighted by Gasteiger charge is -2.20. The quantitative estimate of drug-likeness (QED) is 0.894. The summed E-state index contributed by atoms with van der Waals surface area (Å²) in [5, 5.41) is 0. The summed E-state index contributed by atoms with van der Waals surface area (Å²) in [5.41, 5.74) is 7.06. The highest BCUT2D eigenvalue weighted by Gasteiger charge is 2.21. The van der Waals surface area contributed by atoms with Gasteiger partial charge in [0.1, 0.15) is 5.75 Å². The molecule has 0 saturated carbocycles. The van der Waals surface area contributed by atoms with E-state index in [2.05, 4.69) is 20.8 Å². The molecule has 15 heavy (non-hydrogen) atoms. The zero-order valence-electron chi connectivity index (χ0n) is 8.74. The zero-order valence-corrected chi connectivity index (χ0v) is 10.3. The van der Waals surface area contributed by atoms with Gasteiger partial charge in [-0.2, -0.15) is 0 Å². The van der Waals surface area contributed by atoms with E-state index in [4.69, 9.17) is 10.5 Å². The fraction of sp³-hybridized carbons (Fsp3) is 0.455. The number of benzene rings is 1. The van der Waals surface area contributed by atoms with Crippen molar-refractivity contribution in [1.29, 1.82) is 0 Å². The van der Waals surface area contributed by atoms with E-state index in [-0.39, 0.29) is 0 Å². The Morgan fingerprint density at radius 2 is 2.33 bits per heavy atom. The van der Waals surface area contributed by atoms with Gasteiger partial charge in [0, 0.05) is 29.7 Å². The molecular formula is C11H15BrN2O. The second-order valence-electron chi connectivity index (χ2n) is 3.81. The topological polar surface area (TPSA) is 38.5 Å². The standard InChI is InChI=1S/C11H15BrN2O/c1-15-9-2-3-10(12)11(6-9)14-5-4-8(13)7-14/h2-3,6,8H,4-5,7,13H2,1H3. The normalized spacial score (nSPS) is 20.7. The molecule has 0 bridgehead atoms. The molecule has 0 radical (unpaired) electrons. The maximum absolute atomic E-state index is 5.89. The van der Waals surface area contributed by atoms with Gasteiger partial charge in [-0.05, 0) is 34.5 Å². The summed E-state index contributed by atoms with van der Waals surface area (Å²) in [6, 6.07) is 6.30. The molecule has 1 unspecified atom stereocenters. The molecule has 1 heterocycles. The number of anilines is 1. The van der Waals surface area contributed by atoms with E-state index in [0.717, 1.165) is 29.7 Å². The molecule has 82 valence electrons. The summed E-state index contributed by atoms with van der Waals surface area (Å²) >= 11 is 3.55. The minimum Gasteiger partial charge on any atom is -0.497 e. The Kier molecular flexibility index (Phi) is 3.17. The molecular weight excluding hydrogens is 256 g/mol. The van der Waals surface area contributed by atoms with E-state index >= 15 is 0 Å². The number of halogens is 1. The van der Waals surface area contributed by atoms with Crippen LogP contribution in [0.3, 0.4) is 0 Å². The maximum Gasteiger partial charge on any atom is 0.121 e. The minimum atomic E-state index is 0.295. The van der Waals surface area contributed by atoms with Crippen LogP contribution in [0, 0.1) is 0 Å². The van der Waals surface area contributed by atoms with Crippen LogP contribution in [0.5, 0.6) is 5.75 Å². The van der Waals surface area contributed by atoms with Crippen LogP contribution < -0.4 is 15.4 Å². The molecule has 1 aromatic rings. The molecule has 0 amide bonds. The first kappa shape index (κ1) is 10.8. The van der Waals surface area contributed by atoms with Crippen molar-refractivity contribution in [2.24, 2.45) is 5.73 Å². The summed E-state index contributed by atoms with van der Waals surface area (Å²) in [6.07, 6.45) is 1.06. The molecule has 1 atom stereocenters. The molecule has 1 fully saturated rings. The van der Waals surface area contributed by atoms with Crippen LogP contribution in [-0.4, -0.2) is 26.2 Å². The van der Waals surface area contributed by atoms with Gasteiger partial charge in [0.05, 0.1) is 12.8 Å². The molecule has 0 spiro atoms. The van der Waals surface area contributed by atoms with Gasteiger partial charge in [0.2, 0.25) is 0 Å². The summed E-state index contributed by atoms with van der Waals surface area (Å²) in [5.74, 6) is 0.883. The van der Waals surface area contributed by atoms with Gasteiger partial charge in [-0.3, -0.25) is 0 Å². The highest BCUT2D eigenvalue weighted by molar-refractivity contribution is 9.10. The Bertz CT molecular complexity index is 356. The molecule has 0 aromatic heterocycles. The second-order valence-corrected chi connectivity index (χ2v) is 4.67. The molecule has 4 heteroatoms. The first-order chi connectivity index (χ1) is 7.20. The van der Waals surface area contributed by atoms with Crippen LogP contribution in [0.25, 0.3) is 0 Å². The number of nitrogens with two attached hydrogens (primary N) is 1. The van der Waals surface area contributed by atoms with Crippen LogP contribution in [0.1, 0.15) is 6.42 Å². The lowest BCUT2D eigenvalue weighted by atomic mass is 10.3. The van der Waals surface area contributed by atoms with Crippen molar-refractivity contribution in [1.82, 2.24) is 0 Å². The molecule has 1 aliphatic heterocycles. The molecule has 1 saturated heterocycles. The van der Waals surface area contributed by atoms with Crippen LogP contribution in [-0.2, 0) is 0 Å². The van der Waals surface area contributed by atoms with Gasteiger partial charge in [0.15, 0.2) is 0 Å². The van der Waals surface area contributed by atoms with Crippen LogP contribution in [0.4, 0.5) is 5.69 Å². The van der Waals surface area contributed by atoms with Crippen molar-refractivity contribution in [2.75, 3.05) is 25.1 Å². The second kappa shape index (κ2) is 4.41. The monoisotopic (exact) mass is 270 g/mol. The van der Waals surface area contributed by atoms with Gasteiger partial charge in [-0.25, -0.2) is 0 Å². The number of hydrogen-bond acceptors (Lipinski definition) is 3. The number of rotatable bonds is 2. The summed E-state index contributed by atoms with van der Waals surface area (Å²) in [6.45, 7) is 1.94. The fourth-order valence-electron chi connectivity index (χ4n) is 1.87. The molecule has 2 rings (SSSR count). The fourth-order valence-corrected chi connectivity index (χ4v) is 2.37. The van der Waals surface area contributed by atoms with E-state index in [1.807, 2.05) is 18.2 Å². The molecule has 2 N–H and O–H groups in total. The molecule has 0 aliphatic carbocycles. The van der Waals surface area contributed by atoms with E-state index in [1.54, 1.807) is 7.11 Å². The van der Waals surface area contributed by atoms with Crippen LogP contribution in [0.15, 0.2) is 22.7 Å². The Morgan fingerprint density at radius 3 is 2.93 bits per heavy atom. The highest BCUT2D eigenvalue weighted by atomic mass is 79.9. The Hall–Kier alpha value is -0.740. The van der Waals surface area contributed by atoms with E-state index < -0.39 is 0 Å². The molecule has 1 aromatic carbocycles. The van der Waals surface area contributed by atoms with E-state index in [0.29, 0.717) is 6.04 Å². The van der Waals surface area contributed by atoms with Crippen molar-refractivity contribution >= 4 is 21.6 Å². The average molecular weight is 271 g/mol. The van der Waals surface area contributed by atoms with Crippen molar-refractivity contribution in [3.8, 4) is 5.75 Å². The highest BCUT2D eigenvalue weighted by Crippen LogP contribution is 2.32. The third-order valence-corrected chi connectivity index (χ3v) is 3.39. The first-order valence-corrected chi connectivity index (χ1v) is 5.84. The SMILES string of the molecule is COc1ccc(Br)c(N2CCC(N)C2)c1.